The van der Waals surface area contributed by atoms with Crippen molar-refractivity contribution >= 4 is 46.3 Å². The molecule has 0 radical (unpaired) electrons. The quantitative estimate of drug-likeness (QED) is 0.573. The molecule has 0 saturated carbocycles. The molecule has 0 aliphatic carbocycles. The van der Waals surface area contributed by atoms with Crippen molar-refractivity contribution < 1.29 is 0 Å². The van der Waals surface area contributed by atoms with Crippen molar-refractivity contribution in [1.82, 2.24) is 0 Å². The molecule has 0 N–H and O–H groups in total. The summed E-state index contributed by atoms with van der Waals surface area (Å²) in [7, 11) is 0. The Kier molecular flexibility index (Phi) is 5.57. The van der Waals surface area contributed by atoms with E-state index in [1.165, 1.54) is 9.79 Å². The first-order valence-electron chi connectivity index (χ1n) is 7.74. The van der Waals surface area contributed by atoms with E-state index in [1.807, 2.05) is 23.5 Å². The summed E-state index contributed by atoms with van der Waals surface area (Å²) in [5.74, 6) is 2.13. The van der Waals surface area contributed by atoms with E-state index in [1.54, 1.807) is 0 Å². The summed E-state index contributed by atoms with van der Waals surface area (Å²) in [4.78, 5) is 12.2. The van der Waals surface area contributed by atoms with Crippen molar-refractivity contribution in [2.45, 2.75) is 30.1 Å². The Morgan fingerprint density at radius 1 is 0.696 bits per heavy atom. The Balaban J connectivity index is 1.96. The second-order valence-electron chi connectivity index (χ2n) is 5.50. The summed E-state index contributed by atoms with van der Waals surface area (Å²) in [5.41, 5.74) is 4.35. The van der Waals surface area contributed by atoms with Crippen LogP contribution in [0.5, 0.6) is 0 Å². The van der Waals surface area contributed by atoms with Gasteiger partial charge in [-0.25, -0.2) is 0 Å². The minimum Gasteiger partial charge on any atom is -0.257 e. The SMILES string of the molecule is CC1=Nc2ccccc2SCCSc2ccccc2N=C(C)C1. The number of aliphatic imine (C=N–C) groups is 2. The first-order chi connectivity index (χ1) is 11.2. The van der Waals surface area contributed by atoms with Crippen molar-refractivity contribution in [3.05, 3.63) is 48.5 Å². The second kappa shape index (κ2) is 7.84. The van der Waals surface area contributed by atoms with E-state index in [0.29, 0.717) is 0 Å². The number of thioether (sulfide) groups is 2. The maximum atomic E-state index is 4.82. The lowest BCUT2D eigenvalue weighted by Gasteiger charge is -2.06. The number of nitrogens with zero attached hydrogens (tertiary/aromatic N) is 2. The molecule has 0 spiro atoms. The van der Waals surface area contributed by atoms with Crippen LogP contribution in [-0.4, -0.2) is 22.9 Å². The van der Waals surface area contributed by atoms with Crippen molar-refractivity contribution in [3.63, 3.8) is 0 Å². The normalized spacial score (nSPS) is 15.9. The summed E-state index contributed by atoms with van der Waals surface area (Å²) >= 11 is 3.76. The predicted octanol–water partition coefficient (Wildman–Crippen LogP) is 6.16. The van der Waals surface area contributed by atoms with Crippen LogP contribution in [0.4, 0.5) is 11.4 Å². The monoisotopic (exact) mass is 340 g/mol. The average Bonchev–Trinajstić information content (AvgIpc) is 2.54. The number of fused-ring (bicyclic) bond motifs is 2. The van der Waals surface area contributed by atoms with Gasteiger partial charge in [-0.1, -0.05) is 24.3 Å². The molecule has 4 heteroatoms. The van der Waals surface area contributed by atoms with Crippen LogP contribution in [0.2, 0.25) is 0 Å². The summed E-state index contributed by atoms with van der Waals surface area (Å²) in [6.45, 7) is 4.17. The van der Waals surface area contributed by atoms with Gasteiger partial charge in [-0.15, -0.1) is 23.5 Å². The van der Waals surface area contributed by atoms with Crippen LogP contribution in [0.25, 0.3) is 0 Å². The predicted molar refractivity (Wildman–Crippen MR) is 104 cm³/mol. The lowest BCUT2D eigenvalue weighted by Crippen LogP contribution is -2.00. The molecular formula is C19H20N2S2. The largest absolute Gasteiger partial charge is 0.257 e. The molecule has 1 heterocycles. The average molecular weight is 341 g/mol. The minimum atomic E-state index is 0.804. The number of rotatable bonds is 0. The zero-order valence-electron chi connectivity index (χ0n) is 13.5. The van der Waals surface area contributed by atoms with Crippen LogP contribution in [0, 0.1) is 0 Å². The standard InChI is InChI=1S/C19H20N2S2/c1-14-13-15(2)21-17-8-4-6-10-19(17)23-12-11-22-18-9-5-3-7-16(18)20-14/h3-10H,11-13H2,1-2H3. The van der Waals surface area contributed by atoms with Gasteiger partial charge in [0, 0.05) is 39.1 Å². The highest BCUT2D eigenvalue weighted by Crippen LogP contribution is 2.34. The van der Waals surface area contributed by atoms with E-state index in [2.05, 4.69) is 62.4 Å². The van der Waals surface area contributed by atoms with Gasteiger partial charge in [0.15, 0.2) is 0 Å². The molecule has 0 atom stereocenters. The molecule has 0 amide bonds. The van der Waals surface area contributed by atoms with Crippen molar-refractivity contribution in [2.24, 2.45) is 9.98 Å². The van der Waals surface area contributed by atoms with Crippen LogP contribution in [-0.2, 0) is 0 Å². The number of hydrogen-bond acceptors (Lipinski definition) is 4. The van der Waals surface area contributed by atoms with Gasteiger partial charge in [-0.3, -0.25) is 9.98 Å². The molecule has 2 aromatic carbocycles. The van der Waals surface area contributed by atoms with Crippen LogP contribution in [0.15, 0.2) is 68.3 Å². The third kappa shape index (κ3) is 4.49. The highest BCUT2D eigenvalue weighted by molar-refractivity contribution is 8.03. The first-order valence-corrected chi connectivity index (χ1v) is 9.71. The van der Waals surface area contributed by atoms with Crippen molar-refractivity contribution in [1.29, 1.82) is 0 Å². The smallest absolute Gasteiger partial charge is 0.0764 e. The molecule has 2 aromatic rings. The fourth-order valence-corrected chi connectivity index (χ4v) is 4.49. The lowest BCUT2D eigenvalue weighted by molar-refractivity contribution is 1.31. The molecule has 0 aromatic heterocycles. The highest BCUT2D eigenvalue weighted by atomic mass is 32.2. The van der Waals surface area contributed by atoms with E-state index < -0.39 is 0 Å². The van der Waals surface area contributed by atoms with E-state index in [-0.39, 0.29) is 0 Å². The Labute approximate surface area is 146 Å². The molecule has 0 fully saturated rings. The third-order valence-electron chi connectivity index (χ3n) is 3.46. The molecule has 2 nitrogen and oxygen atoms in total. The Bertz CT molecular complexity index is 687. The van der Waals surface area contributed by atoms with Crippen LogP contribution in [0.1, 0.15) is 20.3 Å². The van der Waals surface area contributed by atoms with Gasteiger partial charge in [0.1, 0.15) is 0 Å². The molecular weight excluding hydrogens is 320 g/mol. The number of para-hydroxylation sites is 2. The topological polar surface area (TPSA) is 24.7 Å². The summed E-state index contributed by atoms with van der Waals surface area (Å²) in [6.07, 6.45) is 0.804. The van der Waals surface area contributed by atoms with E-state index in [0.717, 1.165) is 40.7 Å². The molecule has 118 valence electrons. The molecule has 23 heavy (non-hydrogen) atoms. The fourth-order valence-electron chi connectivity index (χ4n) is 2.51. The van der Waals surface area contributed by atoms with Gasteiger partial charge < -0.3 is 0 Å². The van der Waals surface area contributed by atoms with Gasteiger partial charge in [0.05, 0.1) is 11.4 Å². The van der Waals surface area contributed by atoms with Gasteiger partial charge in [-0.05, 0) is 38.1 Å². The number of hydrogen-bond donors (Lipinski definition) is 0. The second-order valence-corrected chi connectivity index (χ2v) is 7.78. The Hall–Kier alpha value is -1.52. The van der Waals surface area contributed by atoms with Gasteiger partial charge in [0.2, 0.25) is 0 Å². The molecule has 3 rings (SSSR count). The molecule has 1 aliphatic heterocycles. The van der Waals surface area contributed by atoms with Gasteiger partial charge >= 0.3 is 0 Å². The van der Waals surface area contributed by atoms with E-state index in [4.69, 9.17) is 9.98 Å². The summed E-state index contributed by atoms with van der Waals surface area (Å²) in [5, 5.41) is 0. The molecule has 0 saturated heterocycles. The zero-order chi connectivity index (χ0) is 16.1. The Morgan fingerprint density at radius 2 is 1.13 bits per heavy atom. The van der Waals surface area contributed by atoms with E-state index >= 15 is 0 Å². The maximum Gasteiger partial charge on any atom is 0.0764 e. The highest BCUT2D eigenvalue weighted by Gasteiger charge is 2.07. The van der Waals surface area contributed by atoms with Gasteiger partial charge in [0.25, 0.3) is 0 Å². The van der Waals surface area contributed by atoms with E-state index in [9.17, 15) is 0 Å². The molecule has 0 unspecified atom stereocenters. The summed E-state index contributed by atoms with van der Waals surface area (Å²) < 4.78 is 0. The number of benzene rings is 2. The Morgan fingerprint density at radius 3 is 1.61 bits per heavy atom. The van der Waals surface area contributed by atoms with Crippen LogP contribution >= 0.6 is 23.5 Å². The molecule has 1 aliphatic rings. The van der Waals surface area contributed by atoms with Gasteiger partial charge in [-0.2, -0.15) is 0 Å². The minimum absolute atomic E-state index is 0.804. The molecule has 0 bridgehead atoms. The first kappa shape index (κ1) is 16.3. The maximum absolute atomic E-state index is 4.82. The van der Waals surface area contributed by atoms with Crippen molar-refractivity contribution in [3.8, 4) is 0 Å². The lowest BCUT2D eigenvalue weighted by atomic mass is 10.2. The van der Waals surface area contributed by atoms with Crippen LogP contribution in [0.3, 0.4) is 0 Å². The zero-order valence-corrected chi connectivity index (χ0v) is 15.1. The van der Waals surface area contributed by atoms with Crippen LogP contribution < -0.4 is 0 Å². The third-order valence-corrected chi connectivity index (χ3v) is 5.85. The summed E-state index contributed by atoms with van der Waals surface area (Å²) in [6, 6.07) is 16.8. The fraction of sp³-hybridized carbons (Fsp3) is 0.263. The van der Waals surface area contributed by atoms with Crippen molar-refractivity contribution in [2.75, 3.05) is 11.5 Å².